The van der Waals surface area contributed by atoms with Crippen LogP contribution in [0.4, 0.5) is 5.69 Å². The standard InChI is InChI=1S/C17H16N4OS/c1-23-16-10-6-5-9-14(16)18-17(22)15-12-21(20-19-15)11-13-7-3-2-4-8-13/h2-10,12H,11H2,1H3,(H,18,22). The maximum atomic E-state index is 12.3. The van der Waals surface area contributed by atoms with E-state index < -0.39 is 0 Å². The van der Waals surface area contributed by atoms with Crippen molar-refractivity contribution in [1.82, 2.24) is 15.0 Å². The van der Waals surface area contributed by atoms with E-state index in [1.54, 1.807) is 22.6 Å². The van der Waals surface area contributed by atoms with Crippen LogP contribution < -0.4 is 5.32 Å². The van der Waals surface area contributed by atoms with Crippen molar-refractivity contribution in [3.8, 4) is 0 Å². The van der Waals surface area contributed by atoms with Crippen LogP contribution in [0, 0.1) is 0 Å². The van der Waals surface area contributed by atoms with Crippen molar-refractivity contribution in [3.63, 3.8) is 0 Å². The molecule has 0 aliphatic rings. The molecule has 0 saturated heterocycles. The fourth-order valence-electron chi connectivity index (χ4n) is 2.18. The highest BCUT2D eigenvalue weighted by Crippen LogP contribution is 2.24. The second-order valence-corrected chi connectivity index (χ2v) is 5.79. The first-order valence-electron chi connectivity index (χ1n) is 7.14. The molecule has 23 heavy (non-hydrogen) atoms. The summed E-state index contributed by atoms with van der Waals surface area (Å²) in [6.07, 6.45) is 3.63. The molecule has 2 aromatic carbocycles. The third-order valence-corrected chi connectivity index (χ3v) is 4.11. The lowest BCUT2D eigenvalue weighted by Crippen LogP contribution is -2.13. The highest BCUT2D eigenvalue weighted by Gasteiger charge is 2.12. The van der Waals surface area contributed by atoms with Crippen molar-refractivity contribution in [3.05, 3.63) is 72.1 Å². The normalized spacial score (nSPS) is 10.5. The molecule has 0 fully saturated rings. The van der Waals surface area contributed by atoms with E-state index in [9.17, 15) is 4.79 Å². The van der Waals surface area contributed by atoms with Crippen LogP contribution in [0.1, 0.15) is 16.1 Å². The van der Waals surface area contributed by atoms with E-state index in [2.05, 4.69) is 15.6 Å². The van der Waals surface area contributed by atoms with Gasteiger partial charge in [0.15, 0.2) is 5.69 Å². The van der Waals surface area contributed by atoms with E-state index in [1.807, 2.05) is 60.9 Å². The Morgan fingerprint density at radius 1 is 1.13 bits per heavy atom. The summed E-state index contributed by atoms with van der Waals surface area (Å²) in [5.74, 6) is -0.259. The smallest absolute Gasteiger partial charge is 0.277 e. The van der Waals surface area contributed by atoms with E-state index in [1.165, 1.54) is 0 Å². The number of anilines is 1. The zero-order valence-electron chi connectivity index (χ0n) is 12.6. The van der Waals surface area contributed by atoms with Gasteiger partial charge in [0.05, 0.1) is 18.4 Å². The third kappa shape index (κ3) is 3.78. The highest BCUT2D eigenvalue weighted by molar-refractivity contribution is 7.98. The predicted octanol–water partition coefficient (Wildman–Crippen LogP) is 3.30. The number of amides is 1. The molecule has 1 aromatic heterocycles. The number of para-hydroxylation sites is 1. The summed E-state index contributed by atoms with van der Waals surface area (Å²) in [7, 11) is 0. The van der Waals surface area contributed by atoms with Gasteiger partial charge in [0.2, 0.25) is 0 Å². The van der Waals surface area contributed by atoms with Crippen molar-refractivity contribution in [2.24, 2.45) is 0 Å². The number of carbonyl (C=O) groups excluding carboxylic acids is 1. The Labute approximate surface area is 138 Å². The molecule has 0 bridgehead atoms. The number of rotatable bonds is 5. The zero-order valence-corrected chi connectivity index (χ0v) is 13.5. The van der Waals surface area contributed by atoms with Gasteiger partial charge in [-0.3, -0.25) is 4.79 Å². The fourth-order valence-corrected chi connectivity index (χ4v) is 2.74. The summed E-state index contributed by atoms with van der Waals surface area (Å²) in [6, 6.07) is 17.6. The predicted molar refractivity (Wildman–Crippen MR) is 91.7 cm³/mol. The second kappa shape index (κ2) is 7.11. The Morgan fingerprint density at radius 2 is 1.87 bits per heavy atom. The van der Waals surface area contributed by atoms with Gasteiger partial charge in [-0.2, -0.15) is 0 Å². The molecule has 0 radical (unpaired) electrons. The minimum absolute atomic E-state index is 0.259. The Hall–Kier alpha value is -2.60. The molecule has 1 heterocycles. The van der Waals surface area contributed by atoms with Crippen molar-refractivity contribution in [1.29, 1.82) is 0 Å². The largest absolute Gasteiger partial charge is 0.320 e. The van der Waals surface area contributed by atoms with Crippen LogP contribution in [0.15, 0.2) is 65.7 Å². The molecular weight excluding hydrogens is 308 g/mol. The maximum absolute atomic E-state index is 12.3. The molecular formula is C17H16N4OS. The van der Waals surface area contributed by atoms with E-state index in [-0.39, 0.29) is 5.91 Å². The first-order valence-corrected chi connectivity index (χ1v) is 8.37. The molecule has 116 valence electrons. The van der Waals surface area contributed by atoms with Crippen molar-refractivity contribution < 1.29 is 4.79 Å². The number of nitrogens with one attached hydrogen (secondary N) is 1. The molecule has 1 amide bonds. The van der Waals surface area contributed by atoms with Gasteiger partial charge in [-0.05, 0) is 24.0 Å². The zero-order chi connectivity index (χ0) is 16.1. The Kier molecular flexibility index (Phi) is 4.73. The Bertz CT molecular complexity index is 801. The van der Waals surface area contributed by atoms with Crippen LogP contribution in [-0.2, 0) is 6.54 Å². The average Bonchev–Trinajstić information content (AvgIpc) is 3.05. The first-order chi connectivity index (χ1) is 11.3. The van der Waals surface area contributed by atoms with Gasteiger partial charge >= 0.3 is 0 Å². The lowest BCUT2D eigenvalue weighted by atomic mass is 10.2. The van der Waals surface area contributed by atoms with Crippen LogP contribution in [0.2, 0.25) is 0 Å². The van der Waals surface area contributed by atoms with Gasteiger partial charge in [0, 0.05) is 4.90 Å². The molecule has 5 nitrogen and oxygen atoms in total. The van der Waals surface area contributed by atoms with Crippen LogP contribution in [-0.4, -0.2) is 27.2 Å². The van der Waals surface area contributed by atoms with Crippen molar-refractivity contribution >= 4 is 23.4 Å². The lowest BCUT2D eigenvalue weighted by Gasteiger charge is -2.07. The Morgan fingerprint density at radius 3 is 2.65 bits per heavy atom. The molecule has 0 aliphatic heterocycles. The number of hydrogen-bond donors (Lipinski definition) is 1. The summed E-state index contributed by atoms with van der Waals surface area (Å²) < 4.78 is 1.66. The second-order valence-electron chi connectivity index (χ2n) is 4.94. The van der Waals surface area contributed by atoms with Gasteiger partial charge in [-0.1, -0.05) is 47.7 Å². The molecule has 0 spiro atoms. The number of hydrogen-bond acceptors (Lipinski definition) is 4. The summed E-state index contributed by atoms with van der Waals surface area (Å²) in [6.45, 7) is 0.586. The topological polar surface area (TPSA) is 59.8 Å². The van der Waals surface area contributed by atoms with E-state index >= 15 is 0 Å². The number of thioether (sulfide) groups is 1. The SMILES string of the molecule is CSc1ccccc1NC(=O)c1cn(Cc2ccccc2)nn1. The average molecular weight is 324 g/mol. The quantitative estimate of drug-likeness (QED) is 0.732. The first kappa shape index (κ1) is 15.3. The van der Waals surface area contributed by atoms with E-state index in [0.29, 0.717) is 12.2 Å². The van der Waals surface area contributed by atoms with Crippen LogP contribution >= 0.6 is 11.8 Å². The van der Waals surface area contributed by atoms with E-state index in [4.69, 9.17) is 0 Å². The molecule has 3 aromatic rings. The molecule has 0 aliphatic carbocycles. The minimum Gasteiger partial charge on any atom is -0.320 e. The van der Waals surface area contributed by atoms with Gasteiger partial charge in [-0.15, -0.1) is 16.9 Å². The maximum Gasteiger partial charge on any atom is 0.277 e. The van der Waals surface area contributed by atoms with Crippen LogP contribution in [0.3, 0.4) is 0 Å². The number of nitrogens with zero attached hydrogens (tertiary/aromatic N) is 3. The summed E-state index contributed by atoms with van der Waals surface area (Å²) in [5.41, 5.74) is 2.19. The van der Waals surface area contributed by atoms with Crippen molar-refractivity contribution in [2.45, 2.75) is 11.4 Å². The van der Waals surface area contributed by atoms with Crippen LogP contribution in [0.5, 0.6) is 0 Å². The summed E-state index contributed by atoms with van der Waals surface area (Å²) in [4.78, 5) is 13.3. The summed E-state index contributed by atoms with van der Waals surface area (Å²) in [5, 5.41) is 10.9. The Balaban J connectivity index is 1.71. The van der Waals surface area contributed by atoms with Crippen molar-refractivity contribution in [2.75, 3.05) is 11.6 Å². The molecule has 0 unspecified atom stereocenters. The molecule has 3 rings (SSSR count). The molecule has 0 saturated carbocycles. The number of aromatic nitrogens is 3. The molecule has 1 N–H and O–H groups in total. The van der Waals surface area contributed by atoms with Gasteiger partial charge < -0.3 is 5.32 Å². The van der Waals surface area contributed by atoms with Gasteiger partial charge in [0.1, 0.15) is 0 Å². The lowest BCUT2D eigenvalue weighted by molar-refractivity contribution is 0.102. The molecule has 6 heteroatoms. The third-order valence-electron chi connectivity index (χ3n) is 3.31. The summed E-state index contributed by atoms with van der Waals surface area (Å²) >= 11 is 1.58. The number of benzene rings is 2. The van der Waals surface area contributed by atoms with Gasteiger partial charge in [0.25, 0.3) is 5.91 Å². The van der Waals surface area contributed by atoms with E-state index in [0.717, 1.165) is 16.1 Å². The monoisotopic (exact) mass is 324 g/mol. The highest BCUT2D eigenvalue weighted by atomic mass is 32.2. The minimum atomic E-state index is -0.259. The molecule has 0 atom stereocenters. The van der Waals surface area contributed by atoms with Gasteiger partial charge in [-0.25, -0.2) is 4.68 Å². The fraction of sp³-hybridized carbons (Fsp3) is 0.118. The van der Waals surface area contributed by atoms with Crippen LogP contribution in [0.25, 0.3) is 0 Å². The number of carbonyl (C=O) groups is 1.